The molecule has 130 valence electrons. The number of aromatic nitrogens is 5. The normalized spacial score (nSPS) is 11.1. The highest BCUT2D eigenvalue weighted by Crippen LogP contribution is 2.35. The van der Waals surface area contributed by atoms with Crippen LogP contribution in [0.2, 0.25) is 0 Å². The standard InChI is InChI=1S/C22H17N5/c1-14-19(15-8-2-3-9-16(15)25-14)22-26-20(17-10-4-6-12-23-17)21(27-22)18-11-5-7-13-24-18/h2-13,25H,1H3,(H,26,27). The number of aromatic amines is 2. The van der Waals surface area contributed by atoms with E-state index in [0.717, 1.165) is 50.8 Å². The Morgan fingerprint density at radius 3 is 2.19 bits per heavy atom. The van der Waals surface area contributed by atoms with Crippen molar-refractivity contribution in [1.29, 1.82) is 0 Å². The quantitative estimate of drug-likeness (QED) is 0.481. The van der Waals surface area contributed by atoms with Crippen molar-refractivity contribution in [2.45, 2.75) is 6.92 Å². The summed E-state index contributed by atoms with van der Waals surface area (Å²) < 4.78 is 0. The topological polar surface area (TPSA) is 70.2 Å². The van der Waals surface area contributed by atoms with Crippen LogP contribution in [-0.4, -0.2) is 24.9 Å². The molecule has 0 amide bonds. The minimum atomic E-state index is 0.800. The molecule has 0 atom stereocenters. The summed E-state index contributed by atoms with van der Waals surface area (Å²) in [5.41, 5.74) is 6.57. The van der Waals surface area contributed by atoms with Crippen molar-refractivity contribution >= 4 is 10.9 Å². The third kappa shape index (κ3) is 2.60. The lowest BCUT2D eigenvalue weighted by atomic mass is 10.1. The highest BCUT2D eigenvalue weighted by Gasteiger charge is 2.20. The number of nitrogens with one attached hydrogen (secondary N) is 2. The molecule has 4 heterocycles. The van der Waals surface area contributed by atoms with E-state index in [1.54, 1.807) is 12.4 Å². The molecule has 0 saturated carbocycles. The second kappa shape index (κ2) is 6.21. The van der Waals surface area contributed by atoms with Crippen LogP contribution < -0.4 is 0 Å². The molecule has 0 aliphatic carbocycles. The van der Waals surface area contributed by atoms with E-state index in [0.29, 0.717) is 0 Å². The Balaban J connectivity index is 1.78. The van der Waals surface area contributed by atoms with E-state index in [9.17, 15) is 0 Å². The third-order valence-electron chi connectivity index (χ3n) is 4.66. The molecule has 27 heavy (non-hydrogen) atoms. The van der Waals surface area contributed by atoms with E-state index in [-0.39, 0.29) is 0 Å². The van der Waals surface area contributed by atoms with Crippen molar-refractivity contribution < 1.29 is 0 Å². The maximum atomic E-state index is 4.93. The van der Waals surface area contributed by atoms with Crippen molar-refractivity contribution in [3.63, 3.8) is 0 Å². The van der Waals surface area contributed by atoms with Crippen molar-refractivity contribution in [3.8, 4) is 34.2 Å². The van der Waals surface area contributed by atoms with E-state index < -0.39 is 0 Å². The van der Waals surface area contributed by atoms with Crippen LogP contribution in [-0.2, 0) is 0 Å². The molecule has 0 bridgehead atoms. The van der Waals surface area contributed by atoms with Gasteiger partial charge < -0.3 is 9.97 Å². The van der Waals surface area contributed by atoms with Crippen molar-refractivity contribution in [2.75, 3.05) is 0 Å². The zero-order valence-electron chi connectivity index (χ0n) is 14.8. The second-order valence-corrected chi connectivity index (χ2v) is 6.41. The van der Waals surface area contributed by atoms with Gasteiger partial charge in [-0.25, -0.2) is 4.98 Å². The molecule has 0 fully saturated rings. The lowest BCUT2D eigenvalue weighted by Gasteiger charge is -2.00. The Hall–Kier alpha value is -3.73. The van der Waals surface area contributed by atoms with Gasteiger partial charge in [-0.05, 0) is 37.3 Å². The van der Waals surface area contributed by atoms with E-state index in [1.165, 1.54) is 0 Å². The average Bonchev–Trinajstić information content (AvgIpc) is 3.29. The average molecular weight is 351 g/mol. The molecule has 0 aliphatic heterocycles. The van der Waals surface area contributed by atoms with Crippen LogP contribution in [0.3, 0.4) is 0 Å². The number of pyridine rings is 2. The summed E-state index contributed by atoms with van der Waals surface area (Å²) in [7, 11) is 0. The molecule has 5 rings (SSSR count). The van der Waals surface area contributed by atoms with Gasteiger partial charge in [-0.1, -0.05) is 30.3 Å². The minimum Gasteiger partial charge on any atom is -0.358 e. The molecule has 5 heteroatoms. The van der Waals surface area contributed by atoms with Gasteiger partial charge >= 0.3 is 0 Å². The first-order valence-electron chi connectivity index (χ1n) is 8.82. The Morgan fingerprint density at radius 1 is 0.741 bits per heavy atom. The van der Waals surface area contributed by atoms with Crippen LogP contribution in [0.1, 0.15) is 5.69 Å². The molecule has 4 aromatic heterocycles. The van der Waals surface area contributed by atoms with Crippen LogP contribution in [0.25, 0.3) is 45.1 Å². The zero-order valence-corrected chi connectivity index (χ0v) is 14.8. The highest BCUT2D eigenvalue weighted by atomic mass is 15.0. The minimum absolute atomic E-state index is 0.800. The van der Waals surface area contributed by atoms with Crippen molar-refractivity contribution in [2.24, 2.45) is 0 Å². The molecular formula is C22H17N5. The summed E-state index contributed by atoms with van der Waals surface area (Å²) in [6, 6.07) is 20.0. The molecular weight excluding hydrogens is 334 g/mol. The molecule has 5 aromatic rings. The van der Waals surface area contributed by atoms with Crippen molar-refractivity contribution in [1.82, 2.24) is 24.9 Å². The van der Waals surface area contributed by atoms with Crippen molar-refractivity contribution in [3.05, 3.63) is 78.8 Å². The molecule has 5 nitrogen and oxygen atoms in total. The number of H-pyrrole nitrogens is 2. The second-order valence-electron chi connectivity index (χ2n) is 6.41. The first-order chi connectivity index (χ1) is 13.3. The maximum Gasteiger partial charge on any atom is 0.141 e. The number of fused-ring (bicyclic) bond motifs is 1. The predicted molar refractivity (Wildman–Crippen MR) is 107 cm³/mol. The largest absolute Gasteiger partial charge is 0.358 e. The number of imidazole rings is 1. The third-order valence-corrected chi connectivity index (χ3v) is 4.66. The van der Waals surface area contributed by atoms with Gasteiger partial charge in [-0.2, -0.15) is 0 Å². The van der Waals surface area contributed by atoms with Gasteiger partial charge in [0.25, 0.3) is 0 Å². The summed E-state index contributed by atoms with van der Waals surface area (Å²) in [6.07, 6.45) is 3.57. The molecule has 0 radical (unpaired) electrons. The van der Waals surface area contributed by atoms with Crippen LogP contribution >= 0.6 is 0 Å². The Kier molecular flexibility index (Phi) is 3.57. The first kappa shape index (κ1) is 15.5. The van der Waals surface area contributed by atoms with E-state index in [4.69, 9.17) is 4.98 Å². The molecule has 1 aromatic carbocycles. The van der Waals surface area contributed by atoms with Crippen LogP contribution in [0.5, 0.6) is 0 Å². The first-order valence-corrected chi connectivity index (χ1v) is 8.82. The summed E-state index contributed by atoms with van der Waals surface area (Å²) >= 11 is 0. The van der Waals surface area contributed by atoms with Crippen LogP contribution in [0, 0.1) is 6.92 Å². The highest BCUT2D eigenvalue weighted by molar-refractivity contribution is 5.96. The maximum absolute atomic E-state index is 4.93. The van der Waals surface area contributed by atoms with Gasteiger partial charge in [-0.15, -0.1) is 0 Å². The number of para-hydroxylation sites is 1. The summed E-state index contributed by atoms with van der Waals surface area (Å²) in [5.74, 6) is 0.811. The summed E-state index contributed by atoms with van der Waals surface area (Å²) in [6.45, 7) is 2.07. The Morgan fingerprint density at radius 2 is 1.44 bits per heavy atom. The van der Waals surface area contributed by atoms with E-state index in [1.807, 2.05) is 48.5 Å². The fourth-order valence-corrected chi connectivity index (χ4v) is 3.46. The summed E-state index contributed by atoms with van der Waals surface area (Å²) in [5, 5.41) is 1.14. The SMILES string of the molecule is Cc1[nH]c2ccccc2c1-c1nc(-c2ccccn2)c(-c2ccccn2)[nH]1. The van der Waals surface area contributed by atoms with Gasteiger partial charge in [0.1, 0.15) is 11.5 Å². The Bertz CT molecular complexity index is 1160. The van der Waals surface area contributed by atoms with Gasteiger partial charge in [0.2, 0.25) is 0 Å². The van der Waals surface area contributed by atoms with E-state index in [2.05, 4.69) is 39.0 Å². The lowest BCUT2D eigenvalue weighted by Crippen LogP contribution is -1.88. The fraction of sp³-hybridized carbons (Fsp3) is 0.0455. The van der Waals surface area contributed by atoms with Crippen LogP contribution in [0.15, 0.2) is 73.1 Å². The monoisotopic (exact) mass is 351 g/mol. The smallest absolute Gasteiger partial charge is 0.141 e. The lowest BCUT2D eigenvalue weighted by molar-refractivity contribution is 1.24. The molecule has 2 N–H and O–H groups in total. The predicted octanol–water partition coefficient (Wildman–Crippen LogP) is 4.99. The van der Waals surface area contributed by atoms with Gasteiger partial charge in [0.05, 0.1) is 17.1 Å². The van der Waals surface area contributed by atoms with Gasteiger partial charge in [-0.3, -0.25) is 9.97 Å². The Labute approximate surface area is 156 Å². The number of hydrogen-bond acceptors (Lipinski definition) is 3. The van der Waals surface area contributed by atoms with E-state index >= 15 is 0 Å². The molecule has 0 unspecified atom stereocenters. The van der Waals surface area contributed by atoms with Gasteiger partial charge in [0, 0.05) is 34.6 Å². The number of nitrogens with zero attached hydrogens (tertiary/aromatic N) is 3. The van der Waals surface area contributed by atoms with Gasteiger partial charge in [0.15, 0.2) is 0 Å². The number of rotatable bonds is 3. The fourth-order valence-electron chi connectivity index (χ4n) is 3.46. The van der Waals surface area contributed by atoms with Crippen LogP contribution in [0.4, 0.5) is 0 Å². The molecule has 0 spiro atoms. The molecule has 0 aliphatic rings. The number of benzene rings is 1. The zero-order chi connectivity index (χ0) is 18.2. The summed E-state index contributed by atoms with van der Waals surface area (Å²) in [4.78, 5) is 20.9. The molecule has 0 saturated heterocycles. The number of aryl methyl sites for hydroxylation is 1. The number of hydrogen-bond donors (Lipinski definition) is 2.